The van der Waals surface area contributed by atoms with Crippen LogP contribution in [0.2, 0.25) is 0 Å². The van der Waals surface area contributed by atoms with E-state index in [1.807, 2.05) is 31.2 Å². The molecule has 1 aromatic rings. The third-order valence-corrected chi connectivity index (χ3v) is 2.59. The minimum Gasteiger partial charge on any atom is -0.488 e. The number of nitrogens with two attached hydrogens (primary N) is 1. The monoisotopic (exact) mass is 207 g/mol. The zero-order valence-corrected chi connectivity index (χ0v) is 8.98. The molecular formula is C12H17NO2. The highest BCUT2D eigenvalue weighted by atomic mass is 16.5. The summed E-state index contributed by atoms with van der Waals surface area (Å²) in [6, 6.07) is 7.93. The fourth-order valence-electron chi connectivity index (χ4n) is 1.75. The Balaban J connectivity index is 2.12. The van der Waals surface area contributed by atoms with E-state index in [4.69, 9.17) is 15.2 Å². The van der Waals surface area contributed by atoms with Gasteiger partial charge in [0.15, 0.2) is 0 Å². The van der Waals surface area contributed by atoms with Crippen LogP contribution in [0.4, 0.5) is 0 Å². The van der Waals surface area contributed by atoms with Gasteiger partial charge >= 0.3 is 0 Å². The lowest BCUT2D eigenvalue weighted by Gasteiger charge is -2.17. The van der Waals surface area contributed by atoms with Crippen molar-refractivity contribution < 1.29 is 9.47 Å². The Hall–Kier alpha value is -1.06. The van der Waals surface area contributed by atoms with Crippen molar-refractivity contribution in [3.8, 4) is 5.75 Å². The predicted molar refractivity (Wildman–Crippen MR) is 58.9 cm³/mol. The highest BCUT2D eigenvalue weighted by Crippen LogP contribution is 2.25. The van der Waals surface area contributed by atoms with E-state index in [1.165, 1.54) is 0 Å². The molecule has 0 aromatic heterocycles. The van der Waals surface area contributed by atoms with Gasteiger partial charge in [-0.3, -0.25) is 0 Å². The maximum absolute atomic E-state index is 5.88. The molecule has 1 aromatic carbocycles. The first-order chi connectivity index (χ1) is 7.27. The molecule has 0 amide bonds. The Morgan fingerprint density at radius 3 is 2.93 bits per heavy atom. The number of ether oxygens (including phenoxy) is 2. The standard InChI is InChI=1S/C12H17NO2/c1-9(13)11-4-2-3-5-12(11)15-10-6-7-14-8-10/h2-5,9-10H,6-8,13H2,1H3. The number of benzene rings is 1. The van der Waals surface area contributed by atoms with Crippen molar-refractivity contribution in [3.63, 3.8) is 0 Å². The lowest BCUT2D eigenvalue weighted by molar-refractivity contribution is 0.140. The van der Waals surface area contributed by atoms with Crippen LogP contribution in [0.15, 0.2) is 24.3 Å². The zero-order chi connectivity index (χ0) is 10.7. The highest BCUT2D eigenvalue weighted by Gasteiger charge is 2.18. The van der Waals surface area contributed by atoms with Crippen LogP contribution >= 0.6 is 0 Å². The van der Waals surface area contributed by atoms with Crippen molar-refractivity contribution in [2.75, 3.05) is 13.2 Å². The molecule has 0 spiro atoms. The van der Waals surface area contributed by atoms with Gasteiger partial charge in [-0.15, -0.1) is 0 Å². The van der Waals surface area contributed by atoms with Gasteiger partial charge in [0.05, 0.1) is 13.2 Å². The molecule has 1 fully saturated rings. The summed E-state index contributed by atoms with van der Waals surface area (Å²) in [4.78, 5) is 0. The zero-order valence-electron chi connectivity index (χ0n) is 8.98. The number of para-hydroxylation sites is 1. The SMILES string of the molecule is CC(N)c1ccccc1OC1CCOC1. The number of rotatable bonds is 3. The summed E-state index contributed by atoms with van der Waals surface area (Å²) in [7, 11) is 0. The smallest absolute Gasteiger partial charge is 0.124 e. The quantitative estimate of drug-likeness (QED) is 0.823. The van der Waals surface area contributed by atoms with E-state index in [0.717, 1.165) is 24.3 Å². The fourth-order valence-corrected chi connectivity index (χ4v) is 1.75. The largest absolute Gasteiger partial charge is 0.488 e. The maximum Gasteiger partial charge on any atom is 0.124 e. The molecule has 15 heavy (non-hydrogen) atoms. The van der Waals surface area contributed by atoms with Crippen LogP contribution < -0.4 is 10.5 Å². The van der Waals surface area contributed by atoms with Crippen molar-refractivity contribution in [2.24, 2.45) is 5.73 Å². The first-order valence-corrected chi connectivity index (χ1v) is 5.36. The molecule has 2 unspecified atom stereocenters. The Morgan fingerprint density at radius 2 is 2.27 bits per heavy atom. The van der Waals surface area contributed by atoms with Crippen molar-refractivity contribution in [1.82, 2.24) is 0 Å². The first-order valence-electron chi connectivity index (χ1n) is 5.36. The second-order valence-electron chi connectivity index (χ2n) is 3.93. The molecule has 0 saturated carbocycles. The van der Waals surface area contributed by atoms with E-state index < -0.39 is 0 Å². The van der Waals surface area contributed by atoms with Gasteiger partial charge in [0.1, 0.15) is 11.9 Å². The fraction of sp³-hybridized carbons (Fsp3) is 0.500. The summed E-state index contributed by atoms with van der Waals surface area (Å²) in [5.41, 5.74) is 6.94. The van der Waals surface area contributed by atoms with Crippen LogP contribution in [0.3, 0.4) is 0 Å². The molecule has 1 aliphatic rings. The average molecular weight is 207 g/mol. The van der Waals surface area contributed by atoms with Gasteiger partial charge in [-0.1, -0.05) is 18.2 Å². The Bertz CT molecular complexity index is 319. The van der Waals surface area contributed by atoms with Gasteiger partial charge < -0.3 is 15.2 Å². The Kier molecular flexibility index (Phi) is 3.23. The van der Waals surface area contributed by atoms with Gasteiger partial charge in [0.25, 0.3) is 0 Å². The van der Waals surface area contributed by atoms with Crippen molar-refractivity contribution in [2.45, 2.75) is 25.5 Å². The van der Waals surface area contributed by atoms with Gasteiger partial charge in [-0.05, 0) is 13.0 Å². The normalized spacial score (nSPS) is 22.7. The van der Waals surface area contributed by atoms with Crippen LogP contribution in [0.1, 0.15) is 24.9 Å². The Labute approximate surface area is 90.2 Å². The van der Waals surface area contributed by atoms with Crippen LogP contribution in [-0.2, 0) is 4.74 Å². The molecule has 1 aliphatic heterocycles. The second-order valence-corrected chi connectivity index (χ2v) is 3.93. The summed E-state index contributed by atoms with van der Waals surface area (Å²) in [6.07, 6.45) is 1.15. The van der Waals surface area contributed by atoms with Crippen LogP contribution in [0, 0.1) is 0 Å². The first kappa shape index (κ1) is 10.5. The molecule has 2 rings (SSSR count). The van der Waals surface area contributed by atoms with Gasteiger partial charge in [0, 0.05) is 18.0 Å². The van der Waals surface area contributed by atoms with Gasteiger partial charge in [0.2, 0.25) is 0 Å². The maximum atomic E-state index is 5.88. The second kappa shape index (κ2) is 4.64. The Morgan fingerprint density at radius 1 is 1.47 bits per heavy atom. The van der Waals surface area contributed by atoms with E-state index in [2.05, 4.69) is 0 Å². The minimum atomic E-state index is 0.00326. The lowest BCUT2D eigenvalue weighted by atomic mass is 10.1. The van der Waals surface area contributed by atoms with Gasteiger partial charge in [-0.25, -0.2) is 0 Å². The van der Waals surface area contributed by atoms with Crippen LogP contribution in [0.25, 0.3) is 0 Å². The van der Waals surface area contributed by atoms with E-state index >= 15 is 0 Å². The summed E-state index contributed by atoms with van der Waals surface area (Å²) >= 11 is 0. The van der Waals surface area contributed by atoms with E-state index in [0.29, 0.717) is 6.61 Å². The van der Waals surface area contributed by atoms with Gasteiger partial charge in [-0.2, -0.15) is 0 Å². The van der Waals surface area contributed by atoms with Crippen LogP contribution in [0.5, 0.6) is 5.75 Å². The van der Waals surface area contributed by atoms with Crippen molar-refractivity contribution >= 4 is 0 Å². The molecule has 3 nitrogen and oxygen atoms in total. The van der Waals surface area contributed by atoms with E-state index in [1.54, 1.807) is 0 Å². The molecular weight excluding hydrogens is 190 g/mol. The van der Waals surface area contributed by atoms with Crippen LogP contribution in [-0.4, -0.2) is 19.3 Å². The number of hydrogen-bond donors (Lipinski definition) is 1. The molecule has 82 valence electrons. The minimum absolute atomic E-state index is 0.00326. The summed E-state index contributed by atoms with van der Waals surface area (Å²) in [6.45, 7) is 3.45. The van der Waals surface area contributed by atoms with E-state index in [9.17, 15) is 0 Å². The third kappa shape index (κ3) is 2.49. The molecule has 1 heterocycles. The number of hydrogen-bond acceptors (Lipinski definition) is 3. The molecule has 2 N–H and O–H groups in total. The van der Waals surface area contributed by atoms with Crippen molar-refractivity contribution in [1.29, 1.82) is 0 Å². The average Bonchev–Trinajstić information content (AvgIpc) is 2.71. The molecule has 0 radical (unpaired) electrons. The molecule has 3 heteroatoms. The lowest BCUT2D eigenvalue weighted by Crippen LogP contribution is -2.18. The molecule has 2 atom stereocenters. The molecule has 1 saturated heterocycles. The van der Waals surface area contributed by atoms with E-state index in [-0.39, 0.29) is 12.1 Å². The summed E-state index contributed by atoms with van der Waals surface area (Å²) < 4.78 is 11.1. The van der Waals surface area contributed by atoms with Crippen molar-refractivity contribution in [3.05, 3.63) is 29.8 Å². The topological polar surface area (TPSA) is 44.5 Å². The third-order valence-electron chi connectivity index (χ3n) is 2.59. The summed E-state index contributed by atoms with van der Waals surface area (Å²) in [5, 5.41) is 0. The predicted octanol–water partition coefficient (Wildman–Crippen LogP) is 1.87. The summed E-state index contributed by atoms with van der Waals surface area (Å²) in [5.74, 6) is 0.892. The highest BCUT2D eigenvalue weighted by molar-refractivity contribution is 5.35. The molecule has 0 bridgehead atoms. The molecule has 0 aliphatic carbocycles.